The lowest BCUT2D eigenvalue weighted by atomic mass is 10.2. The van der Waals surface area contributed by atoms with Crippen LogP contribution in [-0.4, -0.2) is 30.4 Å². The predicted molar refractivity (Wildman–Crippen MR) is 60.6 cm³/mol. The number of rotatable bonds is 2. The van der Waals surface area contributed by atoms with Crippen LogP contribution in [0.5, 0.6) is 0 Å². The normalized spacial score (nSPS) is 20.5. The number of hydrogen-bond donors (Lipinski definition) is 1. The summed E-state index contributed by atoms with van der Waals surface area (Å²) in [5.74, 6) is -2.04. The lowest BCUT2D eigenvalue weighted by molar-refractivity contribution is -0.119. The van der Waals surface area contributed by atoms with Crippen LogP contribution in [0, 0.1) is 11.6 Å². The summed E-state index contributed by atoms with van der Waals surface area (Å²) in [7, 11) is 1.88. The average Bonchev–Trinajstić information content (AvgIpc) is 2.70. The zero-order valence-corrected chi connectivity index (χ0v) is 9.54. The summed E-state index contributed by atoms with van der Waals surface area (Å²) in [6.07, 6.45) is 1.78. The largest absolute Gasteiger partial charge is 0.325 e. The third-order valence-electron chi connectivity index (χ3n) is 3.01. The highest BCUT2D eigenvalue weighted by Crippen LogP contribution is 2.18. The molecule has 1 unspecified atom stereocenters. The van der Waals surface area contributed by atoms with E-state index < -0.39 is 11.6 Å². The van der Waals surface area contributed by atoms with E-state index in [0.29, 0.717) is 0 Å². The number of nitrogens with one attached hydrogen (secondary N) is 1. The van der Waals surface area contributed by atoms with Crippen molar-refractivity contribution in [2.24, 2.45) is 0 Å². The number of amides is 1. The smallest absolute Gasteiger partial charge is 0.241 e. The highest BCUT2D eigenvalue weighted by atomic mass is 19.2. The molecule has 17 heavy (non-hydrogen) atoms. The third kappa shape index (κ3) is 2.61. The Morgan fingerprint density at radius 3 is 2.76 bits per heavy atom. The number of nitrogens with zero attached hydrogens (tertiary/aromatic N) is 1. The Hall–Kier alpha value is -1.49. The lowest BCUT2D eigenvalue weighted by Gasteiger charge is -2.18. The van der Waals surface area contributed by atoms with E-state index in [0.717, 1.165) is 31.5 Å². The molecule has 1 atom stereocenters. The van der Waals surface area contributed by atoms with Crippen LogP contribution >= 0.6 is 0 Å². The molecule has 1 saturated heterocycles. The van der Waals surface area contributed by atoms with Crippen LogP contribution in [0.1, 0.15) is 12.8 Å². The molecule has 92 valence electrons. The maximum Gasteiger partial charge on any atom is 0.241 e. The molecule has 0 bridgehead atoms. The predicted octanol–water partition coefficient (Wildman–Crippen LogP) is 2.00. The second-order valence-corrected chi connectivity index (χ2v) is 4.26. The number of carbonyl (C=O) groups excluding carboxylic acids is 1. The molecule has 1 aliphatic heterocycles. The minimum Gasteiger partial charge on any atom is -0.325 e. The van der Waals surface area contributed by atoms with E-state index >= 15 is 0 Å². The summed E-state index contributed by atoms with van der Waals surface area (Å²) in [6.45, 7) is 0.885. The molecule has 0 aliphatic carbocycles. The van der Waals surface area contributed by atoms with Crippen molar-refractivity contribution in [1.29, 1.82) is 0 Å². The van der Waals surface area contributed by atoms with E-state index in [2.05, 4.69) is 5.32 Å². The second-order valence-electron chi connectivity index (χ2n) is 4.26. The third-order valence-corrected chi connectivity index (χ3v) is 3.01. The van der Waals surface area contributed by atoms with E-state index in [4.69, 9.17) is 0 Å². The maximum absolute atomic E-state index is 12.9. The van der Waals surface area contributed by atoms with Crippen LogP contribution < -0.4 is 5.32 Å². The van der Waals surface area contributed by atoms with Crippen molar-refractivity contribution in [3.63, 3.8) is 0 Å². The monoisotopic (exact) mass is 240 g/mol. The summed E-state index contributed by atoms with van der Waals surface area (Å²) in [5, 5.41) is 2.60. The first kappa shape index (κ1) is 12.0. The first-order valence-corrected chi connectivity index (χ1v) is 5.54. The molecule has 0 aromatic heterocycles. The number of hydrogen-bond acceptors (Lipinski definition) is 2. The Bertz CT molecular complexity index is 437. The fourth-order valence-corrected chi connectivity index (χ4v) is 2.04. The second kappa shape index (κ2) is 4.79. The van der Waals surface area contributed by atoms with Crippen LogP contribution in [0.4, 0.5) is 14.5 Å². The van der Waals surface area contributed by atoms with E-state index in [1.54, 1.807) is 0 Å². The van der Waals surface area contributed by atoms with Crippen molar-refractivity contribution in [2.45, 2.75) is 18.9 Å². The van der Waals surface area contributed by atoms with Crippen LogP contribution in [0.25, 0.3) is 0 Å². The molecule has 2 rings (SSSR count). The van der Waals surface area contributed by atoms with Crippen molar-refractivity contribution in [3.05, 3.63) is 29.8 Å². The van der Waals surface area contributed by atoms with Gasteiger partial charge in [-0.2, -0.15) is 0 Å². The molecular formula is C12H14F2N2O. The molecule has 1 aliphatic rings. The fourth-order valence-electron chi connectivity index (χ4n) is 2.04. The van der Waals surface area contributed by atoms with Gasteiger partial charge in [-0.25, -0.2) is 8.78 Å². The minimum absolute atomic E-state index is 0.170. The van der Waals surface area contributed by atoms with Gasteiger partial charge < -0.3 is 5.32 Å². The topological polar surface area (TPSA) is 32.3 Å². The number of benzene rings is 1. The van der Waals surface area contributed by atoms with Gasteiger partial charge >= 0.3 is 0 Å². The summed E-state index contributed by atoms with van der Waals surface area (Å²) in [5.41, 5.74) is 0.286. The van der Waals surface area contributed by atoms with Gasteiger partial charge in [0, 0.05) is 11.8 Å². The number of halogens is 2. The van der Waals surface area contributed by atoms with Crippen molar-refractivity contribution in [3.8, 4) is 0 Å². The summed E-state index contributed by atoms with van der Waals surface area (Å²) in [4.78, 5) is 13.8. The van der Waals surface area contributed by atoms with Crippen LogP contribution in [0.3, 0.4) is 0 Å². The molecule has 1 heterocycles. The zero-order valence-electron chi connectivity index (χ0n) is 9.54. The van der Waals surface area contributed by atoms with E-state index in [1.807, 2.05) is 11.9 Å². The molecule has 1 fully saturated rings. The number of anilines is 1. The average molecular weight is 240 g/mol. The first-order valence-electron chi connectivity index (χ1n) is 5.54. The Balaban J connectivity index is 2.05. The SMILES string of the molecule is CN1CCCC1C(=O)Nc1ccc(F)c(F)c1. The Labute approximate surface area is 98.4 Å². The molecular weight excluding hydrogens is 226 g/mol. The molecule has 0 saturated carbocycles. The quantitative estimate of drug-likeness (QED) is 0.857. The van der Waals surface area contributed by atoms with Crippen molar-refractivity contribution in [1.82, 2.24) is 4.90 Å². The van der Waals surface area contributed by atoms with Gasteiger partial charge in [-0.05, 0) is 38.6 Å². The highest BCUT2D eigenvalue weighted by Gasteiger charge is 2.27. The number of likely N-dealkylation sites (tertiary alicyclic amines) is 1. The van der Waals surface area contributed by atoms with Gasteiger partial charge in [0.25, 0.3) is 0 Å². The maximum atomic E-state index is 12.9. The molecule has 1 aromatic rings. The van der Waals surface area contributed by atoms with Gasteiger partial charge in [0.15, 0.2) is 11.6 Å². The Morgan fingerprint density at radius 1 is 1.41 bits per heavy atom. The number of carbonyl (C=O) groups is 1. The lowest BCUT2D eigenvalue weighted by Crippen LogP contribution is -2.37. The molecule has 1 aromatic carbocycles. The number of likely N-dealkylation sites (N-methyl/N-ethyl adjacent to an activating group) is 1. The van der Waals surface area contributed by atoms with Gasteiger partial charge in [-0.3, -0.25) is 9.69 Å². The van der Waals surface area contributed by atoms with Crippen molar-refractivity contribution in [2.75, 3.05) is 18.9 Å². The van der Waals surface area contributed by atoms with E-state index in [-0.39, 0.29) is 17.6 Å². The Kier molecular flexibility index (Phi) is 3.38. The molecule has 0 radical (unpaired) electrons. The summed E-state index contributed by atoms with van der Waals surface area (Å²) >= 11 is 0. The van der Waals surface area contributed by atoms with Gasteiger partial charge in [-0.15, -0.1) is 0 Å². The van der Waals surface area contributed by atoms with Crippen LogP contribution in [0.15, 0.2) is 18.2 Å². The summed E-state index contributed by atoms with van der Waals surface area (Å²) in [6, 6.07) is 3.17. The van der Waals surface area contributed by atoms with E-state index in [1.165, 1.54) is 6.07 Å². The first-order chi connectivity index (χ1) is 8.08. The highest BCUT2D eigenvalue weighted by molar-refractivity contribution is 5.94. The molecule has 3 nitrogen and oxygen atoms in total. The van der Waals surface area contributed by atoms with E-state index in [9.17, 15) is 13.6 Å². The zero-order chi connectivity index (χ0) is 12.4. The standard InChI is InChI=1S/C12H14F2N2O/c1-16-6-2-3-11(16)12(17)15-8-4-5-9(13)10(14)7-8/h4-5,7,11H,2-3,6H2,1H3,(H,15,17). The summed E-state index contributed by atoms with van der Waals surface area (Å²) < 4.78 is 25.6. The van der Waals surface area contributed by atoms with Crippen LogP contribution in [-0.2, 0) is 4.79 Å². The van der Waals surface area contributed by atoms with Crippen molar-refractivity contribution < 1.29 is 13.6 Å². The van der Waals surface area contributed by atoms with Crippen molar-refractivity contribution >= 4 is 11.6 Å². The molecule has 0 spiro atoms. The molecule has 1 amide bonds. The Morgan fingerprint density at radius 2 is 2.18 bits per heavy atom. The van der Waals surface area contributed by atoms with Gasteiger partial charge in [0.05, 0.1) is 6.04 Å². The van der Waals surface area contributed by atoms with Gasteiger partial charge in [0.2, 0.25) is 5.91 Å². The van der Waals surface area contributed by atoms with Crippen LogP contribution in [0.2, 0.25) is 0 Å². The molecule has 5 heteroatoms. The fraction of sp³-hybridized carbons (Fsp3) is 0.417. The molecule has 1 N–H and O–H groups in total. The minimum atomic E-state index is -0.956. The van der Waals surface area contributed by atoms with Gasteiger partial charge in [0.1, 0.15) is 0 Å². The van der Waals surface area contributed by atoms with Gasteiger partial charge in [-0.1, -0.05) is 0 Å².